The number of aromatic nitrogens is 2. The van der Waals surface area contributed by atoms with Crippen LogP contribution in [0.5, 0.6) is 0 Å². The van der Waals surface area contributed by atoms with Crippen molar-refractivity contribution in [3.05, 3.63) is 17.0 Å². The largest absolute Gasteiger partial charge is 0.369 e. The fourth-order valence-electron chi connectivity index (χ4n) is 2.12. The molecule has 1 aromatic rings. The summed E-state index contributed by atoms with van der Waals surface area (Å²) in [4.78, 5) is 8.90. The summed E-state index contributed by atoms with van der Waals surface area (Å²) < 4.78 is 0.388. The fraction of sp³-hybridized carbons (Fsp3) is 0.714. The monoisotopic (exact) mass is 299 g/mol. The standard InChI is InChI=1S/C14H22ClN3S/c1-13(2,3)12-17-10(15)8-11(18-12)16-9-14(19-4)6-5-7-14/h8H,5-7,9H2,1-4H3,(H,16,17,18). The second-order valence-electron chi connectivity index (χ2n) is 6.24. The van der Waals surface area contributed by atoms with Crippen molar-refractivity contribution in [1.82, 2.24) is 9.97 Å². The van der Waals surface area contributed by atoms with E-state index >= 15 is 0 Å². The minimum Gasteiger partial charge on any atom is -0.369 e. The average molecular weight is 300 g/mol. The molecule has 5 heteroatoms. The predicted octanol–water partition coefficient (Wildman–Crippen LogP) is 4.13. The smallest absolute Gasteiger partial charge is 0.137 e. The number of nitrogens with one attached hydrogen (secondary N) is 1. The molecule has 1 N–H and O–H groups in total. The number of anilines is 1. The lowest BCUT2D eigenvalue weighted by atomic mass is 9.84. The molecule has 1 heterocycles. The van der Waals surface area contributed by atoms with Gasteiger partial charge < -0.3 is 5.32 Å². The summed E-state index contributed by atoms with van der Waals surface area (Å²) in [5.74, 6) is 1.62. The van der Waals surface area contributed by atoms with Gasteiger partial charge in [-0.25, -0.2) is 9.97 Å². The Morgan fingerprint density at radius 3 is 2.53 bits per heavy atom. The zero-order chi connectivity index (χ0) is 14.1. The molecule has 1 aromatic heterocycles. The van der Waals surface area contributed by atoms with Crippen LogP contribution in [0.4, 0.5) is 5.82 Å². The van der Waals surface area contributed by atoms with Gasteiger partial charge in [0.25, 0.3) is 0 Å². The molecule has 0 aromatic carbocycles. The first-order valence-electron chi connectivity index (χ1n) is 6.69. The van der Waals surface area contributed by atoms with Crippen LogP contribution in [0.25, 0.3) is 0 Å². The van der Waals surface area contributed by atoms with Crippen LogP contribution in [0.15, 0.2) is 6.07 Å². The van der Waals surface area contributed by atoms with E-state index in [1.807, 2.05) is 17.8 Å². The number of hydrogen-bond donors (Lipinski definition) is 1. The summed E-state index contributed by atoms with van der Waals surface area (Å²) in [6.45, 7) is 7.23. The van der Waals surface area contributed by atoms with Crippen molar-refractivity contribution in [1.29, 1.82) is 0 Å². The third kappa shape index (κ3) is 3.54. The highest BCUT2D eigenvalue weighted by Crippen LogP contribution is 2.42. The molecule has 1 saturated carbocycles. The van der Waals surface area contributed by atoms with Crippen molar-refractivity contribution in [2.45, 2.75) is 50.2 Å². The summed E-state index contributed by atoms with van der Waals surface area (Å²) in [6, 6.07) is 1.81. The van der Waals surface area contributed by atoms with Crippen molar-refractivity contribution in [3.8, 4) is 0 Å². The lowest BCUT2D eigenvalue weighted by Gasteiger charge is -2.40. The van der Waals surface area contributed by atoms with Crippen molar-refractivity contribution in [3.63, 3.8) is 0 Å². The molecular formula is C14H22ClN3S. The van der Waals surface area contributed by atoms with Crippen LogP contribution >= 0.6 is 23.4 Å². The van der Waals surface area contributed by atoms with Crippen LogP contribution in [0.1, 0.15) is 45.9 Å². The van der Waals surface area contributed by atoms with Crippen molar-refractivity contribution in [2.75, 3.05) is 18.1 Å². The van der Waals surface area contributed by atoms with Gasteiger partial charge in [-0.05, 0) is 19.1 Å². The molecular weight excluding hydrogens is 278 g/mol. The van der Waals surface area contributed by atoms with Crippen LogP contribution in [0.3, 0.4) is 0 Å². The fourth-order valence-corrected chi connectivity index (χ4v) is 3.22. The molecule has 1 aliphatic carbocycles. The van der Waals surface area contributed by atoms with Crippen molar-refractivity contribution >= 4 is 29.2 Å². The zero-order valence-corrected chi connectivity index (χ0v) is 13.7. The molecule has 0 radical (unpaired) electrons. The minimum absolute atomic E-state index is 0.0883. The Morgan fingerprint density at radius 2 is 2.05 bits per heavy atom. The quantitative estimate of drug-likeness (QED) is 0.849. The molecule has 0 amide bonds. The van der Waals surface area contributed by atoms with Crippen molar-refractivity contribution in [2.24, 2.45) is 0 Å². The second kappa shape index (κ2) is 5.49. The molecule has 3 nitrogen and oxygen atoms in total. The minimum atomic E-state index is -0.0883. The van der Waals surface area contributed by atoms with Gasteiger partial charge in [0.15, 0.2) is 0 Å². The Hall–Kier alpha value is -0.480. The van der Waals surface area contributed by atoms with Gasteiger partial charge in [-0.15, -0.1) is 0 Å². The molecule has 0 saturated heterocycles. The highest BCUT2D eigenvalue weighted by Gasteiger charge is 2.36. The second-order valence-corrected chi connectivity index (χ2v) is 7.91. The molecule has 1 aliphatic rings. The maximum absolute atomic E-state index is 6.09. The first kappa shape index (κ1) is 14.9. The van der Waals surface area contributed by atoms with E-state index < -0.39 is 0 Å². The number of hydrogen-bond acceptors (Lipinski definition) is 4. The number of thioether (sulfide) groups is 1. The number of halogens is 1. The van der Waals surface area contributed by atoms with Gasteiger partial charge in [0.2, 0.25) is 0 Å². The van der Waals surface area contributed by atoms with E-state index in [1.165, 1.54) is 19.3 Å². The highest BCUT2D eigenvalue weighted by molar-refractivity contribution is 8.00. The normalized spacial score (nSPS) is 17.9. The Morgan fingerprint density at radius 1 is 1.37 bits per heavy atom. The van der Waals surface area contributed by atoms with E-state index in [4.69, 9.17) is 11.6 Å². The first-order chi connectivity index (χ1) is 8.85. The Balaban J connectivity index is 2.10. The molecule has 2 rings (SSSR count). The lowest BCUT2D eigenvalue weighted by molar-refractivity contribution is 0.379. The lowest BCUT2D eigenvalue weighted by Crippen LogP contribution is -2.40. The van der Waals surface area contributed by atoms with Crippen molar-refractivity contribution < 1.29 is 0 Å². The average Bonchev–Trinajstić information content (AvgIpc) is 2.26. The topological polar surface area (TPSA) is 37.8 Å². The molecule has 0 bridgehead atoms. The third-order valence-corrected chi connectivity index (χ3v) is 5.27. The zero-order valence-electron chi connectivity index (χ0n) is 12.1. The van der Waals surface area contributed by atoms with Gasteiger partial charge in [-0.2, -0.15) is 11.8 Å². The summed E-state index contributed by atoms with van der Waals surface area (Å²) in [5.41, 5.74) is -0.0883. The van der Waals surface area contributed by atoms with Gasteiger partial charge in [0.1, 0.15) is 16.8 Å². The van der Waals surface area contributed by atoms with Gasteiger partial charge in [-0.1, -0.05) is 38.8 Å². The molecule has 0 unspecified atom stereocenters. The predicted molar refractivity (Wildman–Crippen MR) is 84.3 cm³/mol. The SMILES string of the molecule is CSC1(CNc2cc(Cl)nc(C(C)(C)C)n2)CCC1. The van der Waals surface area contributed by atoms with E-state index in [0.717, 1.165) is 18.2 Å². The van der Waals surface area contributed by atoms with Crippen LogP contribution < -0.4 is 5.32 Å². The highest BCUT2D eigenvalue weighted by atomic mass is 35.5. The summed E-state index contributed by atoms with van der Waals surface area (Å²) >= 11 is 8.04. The van der Waals surface area contributed by atoms with Crippen LogP contribution in [-0.2, 0) is 5.41 Å². The van der Waals surface area contributed by atoms with Crippen LogP contribution in [0, 0.1) is 0 Å². The summed E-state index contributed by atoms with van der Waals surface area (Å²) in [7, 11) is 0. The Labute approximate surface area is 124 Å². The van der Waals surface area contributed by atoms with Crippen LogP contribution in [0.2, 0.25) is 5.15 Å². The van der Waals surface area contributed by atoms with E-state index in [-0.39, 0.29) is 5.41 Å². The van der Waals surface area contributed by atoms with Gasteiger partial charge in [-0.3, -0.25) is 0 Å². The summed E-state index contributed by atoms with van der Waals surface area (Å²) in [6.07, 6.45) is 6.09. The van der Waals surface area contributed by atoms with E-state index in [0.29, 0.717) is 9.90 Å². The van der Waals surface area contributed by atoms with E-state index in [9.17, 15) is 0 Å². The van der Waals surface area contributed by atoms with Gasteiger partial charge in [0, 0.05) is 22.8 Å². The third-order valence-electron chi connectivity index (χ3n) is 3.66. The molecule has 106 valence electrons. The maximum atomic E-state index is 6.09. The molecule has 19 heavy (non-hydrogen) atoms. The molecule has 0 atom stereocenters. The Bertz CT molecular complexity index is 447. The number of nitrogens with zero attached hydrogens (tertiary/aromatic N) is 2. The van der Waals surface area contributed by atoms with Gasteiger partial charge in [0.05, 0.1) is 0 Å². The first-order valence-corrected chi connectivity index (χ1v) is 8.29. The number of rotatable bonds is 4. The summed E-state index contributed by atoms with van der Waals surface area (Å²) in [5, 5.41) is 3.94. The Kier molecular flexibility index (Phi) is 4.31. The molecule has 1 fully saturated rings. The van der Waals surface area contributed by atoms with E-state index in [2.05, 4.69) is 42.3 Å². The van der Waals surface area contributed by atoms with E-state index in [1.54, 1.807) is 0 Å². The maximum Gasteiger partial charge on any atom is 0.137 e. The molecule has 0 aliphatic heterocycles. The van der Waals surface area contributed by atoms with Gasteiger partial charge >= 0.3 is 0 Å². The molecule has 0 spiro atoms. The van der Waals surface area contributed by atoms with Crippen LogP contribution in [-0.4, -0.2) is 27.5 Å².